The van der Waals surface area contributed by atoms with Crippen LogP contribution >= 0.6 is 0 Å². The highest BCUT2D eigenvalue weighted by Gasteiger charge is 2.39. The second-order valence-corrected chi connectivity index (χ2v) is 5.44. The minimum absolute atomic E-state index is 0.0706. The van der Waals surface area contributed by atoms with Crippen LogP contribution in [0, 0.1) is 0 Å². The first kappa shape index (κ1) is 14.4. The smallest absolute Gasteiger partial charge is 0.358 e. The number of rotatable bonds is 4. The molecule has 1 fully saturated rings. The third-order valence-electron chi connectivity index (χ3n) is 3.72. The van der Waals surface area contributed by atoms with Gasteiger partial charge in [0.15, 0.2) is 5.69 Å². The Labute approximate surface area is 117 Å². The number of nitrogens with zero attached hydrogens (tertiary/aromatic N) is 5. The minimum atomic E-state index is -1.09. The third-order valence-corrected chi connectivity index (χ3v) is 3.72. The van der Waals surface area contributed by atoms with Crippen molar-refractivity contribution in [3.8, 4) is 0 Å². The minimum Gasteiger partial charge on any atom is -0.476 e. The van der Waals surface area contributed by atoms with E-state index in [1.165, 1.54) is 10.9 Å². The molecule has 1 N–H and O–H groups in total. The number of carboxylic acid groups (broad SMARTS) is 1. The van der Waals surface area contributed by atoms with Gasteiger partial charge in [-0.25, -0.2) is 4.79 Å². The normalized spacial score (nSPS) is 19.4. The molecule has 0 aliphatic carbocycles. The molecule has 2 heterocycles. The average Bonchev–Trinajstić information content (AvgIpc) is 2.84. The monoisotopic (exact) mass is 281 g/mol. The summed E-state index contributed by atoms with van der Waals surface area (Å²) in [4.78, 5) is 26.7. The molecule has 0 unspecified atom stereocenters. The van der Waals surface area contributed by atoms with Gasteiger partial charge >= 0.3 is 5.97 Å². The van der Waals surface area contributed by atoms with Crippen molar-refractivity contribution in [2.45, 2.75) is 25.9 Å². The molecule has 110 valence electrons. The highest BCUT2D eigenvalue weighted by atomic mass is 16.4. The van der Waals surface area contributed by atoms with Crippen LogP contribution in [-0.4, -0.2) is 74.0 Å². The highest BCUT2D eigenvalue weighted by Crippen LogP contribution is 2.21. The Morgan fingerprint density at radius 1 is 1.40 bits per heavy atom. The lowest BCUT2D eigenvalue weighted by atomic mass is 9.98. The van der Waals surface area contributed by atoms with Crippen LogP contribution in [0.3, 0.4) is 0 Å². The molecule has 1 saturated heterocycles. The molecular weight excluding hydrogens is 262 g/mol. The molecule has 0 spiro atoms. The summed E-state index contributed by atoms with van der Waals surface area (Å²) in [5.41, 5.74) is -0.623. The van der Waals surface area contributed by atoms with E-state index < -0.39 is 11.5 Å². The van der Waals surface area contributed by atoms with Crippen LogP contribution in [0.5, 0.6) is 0 Å². The van der Waals surface area contributed by atoms with E-state index in [4.69, 9.17) is 5.11 Å². The second-order valence-electron chi connectivity index (χ2n) is 5.44. The fraction of sp³-hybridized carbons (Fsp3) is 0.667. The van der Waals surface area contributed by atoms with Gasteiger partial charge in [-0.15, -0.1) is 5.10 Å². The van der Waals surface area contributed by atoms with Crippen molar-refractivity contribution in [1.29, 1.82) is 0 Å². The van der Waals surface area contributed by atoms with E-state index in [2.05, 4.69) is 15.2 Å². The Morgan fingerprint density at radius 2 is 2.10 bits per heavy atom. The van der Waals surface area contributed by atoms with Crippen LogP contribution in [0.25, 0.3) is 0 Å². The molecule has 0 radical (unpaired) electrons. The van der Waals surface area contributed by atoms with Gasteiger partial charge in [0.25, 0.3) is 0 Å². The maximum Gasteiger partial charge on any atom is 0.358 e. The Bertz CT molecular complexity index is 525. The van der Waals surface area contributed by atoms with Crippen molar-refractivity contribution in [1.82, 2.24) is 24.8 Å². The summed E-state index contributed by atoms with van der Waals surface area (Å²) in [6, 6.07) is 0. The SMILES string of the molecule is CN1CCN(CCn2cc(C(=O)O)nn2)C(C)(C)C1=O. The molecule has 1 aliphatic rings. The van der Waals surface area contributed by atoms with E-state index in [1.807, 2.05) is 13.8 Å². The van der Waals surface area contributed by atoms with Gasteiger partial charge in [-0.2, -0.15) is 0 Å². The zero-order valence-corrected chi connectivity index (χ0v) is 11.9. The van der Waals surface area contributed by atoms with Gasteiger partial charge in [-0.3, -0.25) is 14.4 Å². The molecule has 0 atom stereocenters. The van der Waals surface area contributed by atoms with Crippen molar-refractivity contribution in [2.24, 2.45) is 0 Å². The van der Waals surface area contributed by atoms with Crippen molar-refractivity contribution in [3.63, 3.8) is 0 Å². The molecule has 0 aromatic carbocycles. The average molecular weight is 281 g/mol. The van der Waals surface area contributed by atoms with Crippen molar-refractivity contribution >= 4 is 11.9 Å². The van der Waals surface area contributed by atoms with E-state index in [0.29, 0.717) is 19.6 Å². The summed E-state index contributed by atoms with van der Waals surface area (Å²) >= 11 is 0. The summed E-state index contributed by atoms with van der Waals surface area (Å²) in [5, 5.41) is 16.1. The Balaban J connectivity index is 1.99. The lowest BCUT2D eigenvalue weighted by Gasteiger charge is -2.44. The number of hydrogen-bond donors (Lipinski definition) is 1. The molecule has 1 aliphatic heterocycles. The van der Waals surface area contributed by atoms with Gasteiger partial charge in [0, 0.05) is 26.7 Å². The molecular formula is C12H19N5O3. The van der Waals surface area contributed by atoms with Gasteiger partial charge in [0.05, 0.1) is 18.3 Å². The molecule has 1 aromatic heterocycles. The van der Waals surface area contributed by atoms with Gasteiger partial charge in [0.1, 0.15) is 0 Å². The Morgan fingerprint density at radius 3 is 2.70 bits per heavy atom. The highest BCUT2D eigenvalue weighted by molar-refractivity contribution is 5.86. The molecule has 0 saturated carbocycles. The second kappa shape index (κ2) is 5.20. The number of hydrogen-bond acceptors (Lipinski definition) is 5. The predicted molar refractivity (Wildman–Crippen MR) is 70.3 cm³/mol. The zero-order chi connectivity index (χ0) is 14.9. The number of carboxylic acids is 1. The van der Waals surface area contributed by atoms with Gasteiger partial charge in [0.2, 0.25) is 5.91 Å². The number of likely N-dealkylation sites (N-methyl/N-ethyl adjacent to an activating group) is 1. The molecule has 8 nitrogen and oxygen atoms in total. The molecule has 20 heavy (non-hydrogen) atoms. The number of piperazine rings is 1. The number of aromatic carboxylic acids is 1. The molecule has 8 heteroatoms. The van der Waals surface area contributed by atoms with Crippen molar-refractivity contribution < 1.29 is 14.7 Å². The van der Waals surface area contributed by atoms with Crippen LogP contribution < -0.4 is 0 Å². The Kier molecular flexibility index (Phi) is 3.76. The fourth-order valence-electron chi connectivity index (χ4n) is 2.37. The molecule has 2 rings (SSSR count). The lowest BCUT2D eigenvalue weighted by Crippen LogP contribution is -2.62. The summed E-state index contributed by atoms with van der Waals surface area (Å²) < 4.78 is 1.49. The first-order valence-corrected chi connectivity index (χ1v) is 6.46. The van der Waals surface area contributed by atoms with Crippen molar-refractivity contribution in [3.05, 3.63) is 11.9 Å². The van der Waals surface area contributed by atoms with Gasteiger partial charge in [-0.05, 0) is 13.8 Å². The first-order valence-electron chi connectivity index (χ1n) is 6.46. The number of aromatic nitrogens is 3. The van der Waals surface area contributed by atoms with Crippen LogP contribution in [0.4, 0.5) is 0 Å². The topological polar surface area (TPSA) is 91.6 Å². The van der Waals surface area contributed by atoms with Crippen LogP contribution in [0.2, 0.25) is 0 Å². The number of amides is 1. The van der Waals surface area contributed by atoms with Gasteiger partial charge < -0.3 is 10.0 Å². The van der Waals surface area contributed by atoms with Gasteiger partial charge in [-0.1, -0.05) is 5.21 Å². The standard InChI is InChI=1S/C12H19N5O3/c1-12(2)11(20)15(3)4-5-16(12)6-7-17-8-9(10(18)19)13-14-17/h8H,4-7H2,1-3H3,(H,18,19). The van der Waals surface area contributed by atoms with Crippen molar-refractivity contribution in [2.75, 3.05) is 26.7 Å². The van der Waals surface area contributed by atoms with E-state index >= 15 is 0 Å². The summed E-state index contributed by atoms with van der Waals surface area (Å²) in [6.45, 7) is 6.40. The maximum atomic E-state index is 12.1. The van der Waals surface area contributed by atoms with E-state index in [1.54, 1.807) is 11.9 Å². The van der Waals surface area contributed by atoms with Crippen LogP contribution in [0.15, 0.2) is 6.20 Å². The lowest BCUT2D eigenvalue weighted by molar-refractivity contribution is -0.147. The summed E-state index contributed by atoms with van der Waals surface area (Å²) in [7, 11) is 1.80. The number of carbonyl (C=O) groups is 2. The summed E-state index contributed by atoms with van der Waals surface area (Å²) in [6.07, 6.45) is 1.40. The Hall–Kier alpha value is -1.96. The number of carbonyl (C=O) groups excluding carboxylic acids is 1. The molecule has 0 bridgehead atoms. The van der Waals surface area contributed by atoms with E-state index in [0.717, 1.165) is 6.54 Å². The zero-order valence-electron chi connectivity index (χ0n) is 11.9. The fourth-order valence-corrected chi connectivity index (χ4v) is 2.37. The largest absolute Gasteiger partial charge is 0.476 e. The first-order chi connectivity index (χ1) is 9.32. The molecule has 1 amide bonds. The summed E-state index contributed by atoms with van der Waals surface area (Å²) in [5.74, 6) is -1.00. The van der Waals surface area contributed by atoms with Crippen LogP contribution in [0.1, 0.15) is 24.3 Å². The third kappa shape index (κ3) is 2.64. The maximum absolute atomic E-state index is 12.1. The van der Waals surface area contributed by atoms with E-state index in [-0.39, 0.29) is 11.6 Å². The van der Waals surface area contributed by atoms with E-state index in [9.17, 15) is 9.59 Å². The predicted octanol–water partition coefficient (Wildman–Crippen LogP) is -0.471. The molecule has 1 aromatic rings. The quantitative estimate of drug-likeness (QED) is 0.802. The van der Waals surface area contributed by atoms with Crippen LogP contribution in [-0.2, 0) is 11.3 Å².